The fourth-order valence-electron chi connectivity index (χ4n) is 4.60. The Morgan fingerprint density at radius 3 is 2.29 bits per heavy atom. The van der Waals surface area contributed by atoms with Gasteiger partial charge < -0.3 is 20.3 Å². The summed E-state index contributed by atoms with van der Waals surface area (Å²) in [6.07, 6.45) is -4.51. The molecule has 2 atom stereocenters. The third kappa shape index (κ3) is 6.77. The Bertz CT molecular complexity index is 1080. The number of carbonyl (C=O) groups is 3. The van der Waals surface area contributed by atoms with Gasteiger partial charge in [-0.1, -0.05) is 12.1 Å². The maximum absolute atomic E-state index is 13.1. The van der Waals surface area contributed by atoms with Crippen molar-refractivity contribution in [2.24, 2.45) is 0 Å². The van der Waals surface area contributed by atoms with Crippen molar-refractivity contribution in [3.05, 3.63) is 46.7 Å². The minimum Gasteiger partial charge on any atom is -0.463 e. The van der Waals surface area contributed by atoms with E-state index in [1.807, 2.05) is 32.6 Å². The summed E-state index contributed by atoms with van der Waals surface area (Å²) in [6, 6.07) is 2.59. The number of hydrogen-bond acceptors (Lipinski definition) is 5. The number of nitrogens with zero attached hydrogens (tertiary/aromatic N) is 3. The first-order valence-corrected chi connectivity index (χ1v) is 12.5. The number of urea groups is 2. The zero-order valence-electron chi connectivity index (χ0n) is 22.6. The number of carbonyl (C=O) groups excluding carboxylic acids is 3. The lowest BCUT2D eigenvalue weighted by atomic mass is 9.93. The number of likely N-dealkylation sites (N-methyl/N-ethyl adjacent to an activating group) is 1. The number of ether oxygens (including phenoxy) is 1. The molecule has 12 heteroatoms. The zero-order valence-corrected chi connectivity index (χ0v) is 22.6. The second-order valence-corrected chi connectivity index (χ2v) is 10.6. The van der Waals surface area contributed by atoms with E-state index < -0.39 is 29.8 Å². The van der Waals surface area contributed by atoms with E-state index in [1.54, 1.807) is 11.8 Å². The molecule has 0 aromatic heterocycles. The highest BCUT2D eigenvalue weighted by molar-refractivity contribution is 5.95. The number of nitrogens with one attached hydrogen (secondary N) is 2. The fourth-order valence-corrected chi connectivity index (χ4v) is 4.60. The van der Waals surface area contributed by atoms with E-state index in [2.05, 4.69) is 10.6 Å². The SMILES string of the molecule is CCOC(=O)C1=C(CN2CCN(C(=O)NC(C)(C)C)[C@H](C)C2)N(C)C(=O)N[C@@H]1c1ccc(C(F)(F)F)cc1. The Kier molecular flexibility index (Phi) is 8.65. The lowest BCUT2D eigenvalue weighted by molar-refractivity contribution is -0.139. The fraction of sp³-hybridized carbons (Fsp3) is 0.577. The minimum atomic E-state index is -4.51. The van der Waals surface area contributed by atoms with Gasteiger partial charge in [-0.25, -0.2) is 14.4 Å². The van der Waals surface area contributed by atoms with E-state index in [0.717, 1.165) is 12.1 Å². The van der Waals surface area contributed by atoms with Crippen LogP contribution >= 0.6 is 0 Å². The van der Waals surface area contributed by atoms with Crippen LogP contribution in [0.25, 0.3) is 0 Å². The van der Waals surface area contributed by atoms with E-state index in [4.69, 9.17) is 4.74 Å². The van der Waals surface area contributed by atoms with Gasteiger partial charge >= 0.3 is 24.2 Å². The molecule has 0 radical (unpaired) electrons. The number of amides is 4. The van der Waals surface area contributed by atoms with Crippen molar-refractivity contribution in [1.82, 2.24) is 25.3 Å². The highest BCUT2D eigenvalue weighted by atomic mass is 19.4. The molecule has 0 saturated carbocycles. The van der Waals surface area contributed by atoms with Crippen LogP contribution in [0.3, 0.4) is 0 Å². The van der Waals surface area contributed by atoms with Crippen LogP contribution in [0, 0.1) is 0 Å². The normalized spacial score (nSPS) is 21.3. The molecule has 3 rings (SSSR count). The van der Waals surface area contributed by atoms with E-state index in [9.17, 15) is 27.6 Å². The van der Waals surface area contributed by atoms with Gasteiger partial charge in [-0.05, 0) is 52.3 Å². The van der Waals surface area contributed by atoms with Crippen molar-refractivity contribution >= 4 is 18.0 Å². The molecule has 2 aliphatic heterocycles. The molecule has 1 aromatic rings. The van der Waals surface area contributed by atoms with Gasteiger partial charge in [0.15, 0.2) is 0 Å². The summed E-state index contributed by atoms with van der Waals surface area (Å²) in [5.74, 6) is -0.657. The van der Waals surface area contributed by atoms with Crippen LogP contribution in [0.2, 0.25) is 0 Å². The molecule has 2 aliphatic rings. The zero-order chi connectivity index (χ0) is 28.4. The third-order valence-electron chi connectivity index (χ3n) is 6.47. The Balaban J connectivity index is 1.91. The number of halogens is 3. The van der Waals surface area contributed by atoms with Gasteiger partial charge in [0.25, 0.3) is 0 Å². The third-order valence-corrected chi connectivity index (χ3v) is 6.47. The average Bonchev–Trinajstić information content (AvgIpc) is 2.80. The van der Waals surface area contributed by atoms with Gasteiger partial charge in [-0.2, -0.15) is 13.2 Å². The summed E-state index contributed by atoms with van der Waals surface area (Å²) in [6.45, 7) is 11.1. The quantitative estimate of drug-likeness (QED) is 0.557. The van der Waals surface area contributed by atoms with Crippen LogP contribution < -0.4 is 10.6 Å². The van der Waals surface area contributed by atoms with Crippen molar-refractivity contribution < 1.29 is 32.3 Å². The molecule has 9 nitrogen and oxygen atoms in total. The number of alkyl halides is 3. The molecule has 1 aromatic carbocycles. The number of rotatable bonds is 5. The van der Waals surface area contributed by atoms with Gasteiger partial charge in [0.1, 0.15) is 0 Å². The highest BCUT2D eigenvalue weighted by Crippen LogP contribution is 2.34. The maximum Gasteiger partial charge on any atom is 0.416 e. The van der Waals surface area contributed by atoms with E-state index in [-0.39, 0.29) is 36.3 Å². The number of hydrogen-bond donors (Lipinski definition) is 2. The van der Waals surface area contributed by atoms with E-state index in [1.165, 1.54) is 24.1 Å². The van der Waals surface area contributed by atoms with E-state index >= 15 is 0 Å². The van der Waals surface area contributed by atoms with Crippen molar-refractivity contribution in [3.8, 4) is 0 Å². The molecule has 0 aliphatic carbocycles. The first-order valence-electron chi connectivity index (χ1n) is 12.5. The van der Waals surface area contributed by atoms with Gasteiger partial charge in [-0.15, -0.1) is 0 Å². The topological polar surface area (TPSA) is 94.2 Å². The molecule has 210 valence electrons. The Labute approximate surface area is 221 Å². The van der Waals surface area contributed by atoms with Crippen molar-refractivity contribution in [1.29, 1.82) is 0 Å². The van der Waals surface area contributed by atoms with Crippen molar-refractivity contribution in [2.45, 2.75) is 58.4 Å². The van der Waals surface area contributed by atoms with Crippen LogP contribution in [0.5, 0.6) is 0 Å². The average molecular weight is 540 g/mol. The Morgan fingerprint density at radius 2 is 1.76 bits per heavy atom. The largest absolute Gasteiger partial charge is 0.463 e. The highest BCUT2D eigenvalue weighted by Gasteiger charge is 2.39. The van der Waals surface area contributed by atoms with Gasteiger partial charge in [0.2, 0.25) is 0 Å². The molecule has 0 unspecified atom stereocenters. The molecule has 0 spiro atoms. The summed E-state index contributed by atoms with van der Waals surface area (Å²) < 4.78 is 44.6. The Morgan fingerprint density at radius 1 is 1.13 bits per heavy atom. The monoisotopic (exact) mass is 539 g/mol. The predicted molar refractivity (Wildman–Crippen MR) is 135 cm³/mol. The Hall–Kier alpha value is -3.28. The lowest BCUT2D eigenvalue weighted by Gasteiger charge is -2.43. The van der Waals surface area contributed by atoms with E-state index in [0.29, 0.717) is 30.9 Å². The van der Waals surface area contributed by atoms with Gasteiger partial charge in [-0.3, -0.25) is 9.80 Å². The van der Waals surface area contributed by atoms with Crippen LogP contribution in [-0.2, 0) is 15.7 Å². The summed E-state index contributed by atoms with van der Waals surface area (Å²) in [5.41, 5.74) is -0.313. The van der Waals surface area contributed by atoms with Crippen LogP contribution in [0.1, 0.15) is 51.8 Å². The molecule has 2 heterocycles. The summed E-state index contributed by atoms with van der Waals surface area (Å²) >= 11 is 0. The van der Waals surface area contributed by atoms with Crippen LogP contribution in [0.15, 0.2) is 35.5 Å². The molecular weight excluding hydrogens is 503 g/mol. The minimum absolute atomic E-state index is 0.0889. The van der Waals surface area contributed by atoms with Crippen LogP contribution in [-0.4, -0.2) is 84.1 Å². The second kappa shape index (κ2) is 11.2. The molecule has 0 bridgehead atoms. The predicted octanol–water partition coefficient (Wildman–Crippen LogP) is 3.73. The molecule has 2 N–H and O–H groups in total. The molecular formula is C26H36F3N5O4. The standard InChI is InChI=1S/C26H36F3N5O4/c1-7-38-22(35)20-19(15-33-12-13-34(16(2)14-33)24(37)31-25(3,4)5)32(6)23(36)30-21(20)17-8-10-18(11-9-17)26(27,28)29/h8-11,16,21H,7,12-15H2,1-6H3,(H,30,36)(H,31,37)/t16-,21-/m1/s1. The van der Waals surface area contributed by atoms with Gasteiger partial charge in [0, 0.05) is 50.5 Å². The molecule has 1 fully saturated rings. The number of esters is 1. The molecule has 38 heavy (non-hydrogen) atoms. The summed E-state index contributed by atoms with van der Waals surface area (Å²) in [5, 5.41) is 5.69. The molecule has 1 saturated heterocycles. The first kappa shape index (κ1) is 29.3. The van der Waals surface area contributed by atoms with Crippen molar-refractivity contribution in [3.63, 3.8) is 0 Å². The summed E-state index contributed by atoms with van der Waals surface area (Å²) in [4.78, 5) is 43.9. The first-order chi connectivity index (χ1) is 17.6. The maximum atomic E-state index is 13.1. The number of benzene rings is 1. The smallest absolute Gasteiger partial charge is 0.416 e. The second-order valence-electron chi connectivity index (χ2n) is 10.6. The lowest BCUT2D eigenvalue weighted by Crippen LogP contribution is -2.59. The number of piperazine rings is 1. The summed E-state index contributed by atoms with van der Waals surface area (Å²) in [7, 11) is 1.53. The van der Waals surface area contributed by atoms with Crippen LogP contribution in [0.4, 0.5) is 22.8 Å². The molecule has 4 amide bonds. The van der Waals surface area contributed by atoms with Gasteiger partial charge in [0.05, 0.1) is 23.8 Å². The van der Waals surface area contributed by atoms with Crippen molar-refractivity contribution in [2.75, 3.05) is 39.8 Å².